The van der Waals surface area contributed by atoms with Crippen LogP contribution in [0.25, 0.3) is 0 Å². The zero-order chi connectivity index (χ0) is 19.6. The molecule has 1 fully saturated rings. The van der Waals surface area contributed by atoms with Gasteiger partial charge in [-0.15, -0.1) is 0 Å². The number of amides is 2. The summed E-state index contributed by atoms with van der Waals surface area (Å²) in [7, 11) is 1.79. The average molecular weight is 375 g/mol. The van der Waals surface area contributed by atoms with Crippen molar-refractivity contribution < 1.29 is 4.79 Å². The van der Waals surface area contributed by atoms with Crippen molar-refractivity contribution in [2.75, 3.05) is 32.0 Å². The van der Waals surface area contributed by atoms with E-state index in [4.69, 9.17) is 0 Å². The number of rotatable bonds is 7. The van der Waals surface area contributed by atoms with Gasteiger partial charge in [-0.05, 0) is 57.5 Å². The Morgan fingerprint density at radius 3 is 2.63 bits per heavy atom. The largest absolute Gasteiger partial charge is 0.355 e. The van der Waals surface area contributed by atoms with E-state index in [9.17, 15) is 4.79 Å². The molecule has 27 heavy (non-hydrogen) atoms. The number of benzene rings is 1. The van der Waals surface area contributed by atoms with Crippen LogP contribution in [0.1, 0.15) is 39.2 Å². The van der Waals surface area contributed by atoms with E-state index < -0.39 is 0 Å². The molecule has 1 unspecified atom stereocenters. The summed E-state index contributed by atoms with van der Waals surface area (Å²) in [5.41, 5.74) is 1.91. The van der Waals surface area contributed by atoms with Crippen molar-refractivity contribution in [3.63, 3.8) is 0 Å². The predicted octanol–water partition coefficient (Wildman–Crippen LogP) is 2.37. The third-order valence-corrected chi connectivity index (χ3v) is 4.73. The second-order valence-corrected chi connectivity index (χ2v) is 7.18. The van der Waals surface area contributed by atoms with E-state index in [0.29, 0.717) is 12.6 Å². The first-order valence-corrected chi connectivity index (χ1v) is 9.86. The van der Waals surface area contributed by atoms with Crippen LogP contribution in [-0.2, 0) is 6.54 Å². The molecule has 2 amide bonds. The zero-order valence-corrected chi connectivity index (χ0v) is 17.0. The maximum absolute atomic E-state index is 11.7. The van der Waals surface area contributed by atoms with Crippen LogP contribution in [0.4, 0.5) is 10.5 Å². The SMILES string of the molecule is CCN1CCCC1CNC(=NC)NCc1ccc(NC(=O)NC(C)C)cc1. The van der Waals surface area contributed by atoms with Gasteiger partial charge in [-0.25, -0.2) is 4.79 Å². The minimum Gasteiger partial charge on any atom is -0.355 e. The molecule has 1 aliphatic rings. The van der Waals surface area contributed by atoms with Crippen molar-refractivity contribution in [3.8, 4) is 0 Å². The normalized spacial score (nSPS) is 17.8. The molecule has 0 aliphatic carbocycles. The lowest BCUT2D eigenvalue weighted by atomic mass is 10.2. The maximum Gasteiger partial charge on any atom is 0.319 e. The molecule has 0 radical (unpaired) electrons. The van der Waals surface area contributed by atoms with Crippen LogP contribution in [-0.4, -0.2) is 55.7 Å². The van der Waals surface area contributed by atoms with Crippen molar-refractivity contribution in [1.29, 1.82) is 0 Å². The third kappa shape index (κ3) is 7.09. The van der Waals surface area contributed by atoms with Crippen LogP contribution in [0.5, 0.6) is 0 Å². The number of carbonyl (C=O) groups is 1. The Morgan fingerprint density at radius 2 is 2.00 bits per heavy atom. The molecule has 1 heterocycles. The molecule has 0 bridgehead atoms. The molecule has 0 spiro atoms. The molecule has 150 valence electrons. The number of likely N-dealkylation sites (tertiary alicyclic amines) is 1. The molecule has 0 aromatic heterocycles. The van der Waals surface area contributed by atoms with Crippen LogP contribution in [0, 0.1) is 0 Å². The lowest BCUT2D eigenvalue weighted by Crippen LogP contribution is -2.44. The number of nitrogens with one attached hydrogen (secondary N) is 4. The second kappa shape index (κ2) is 10.8. The smallest absolute Gasteiger partial charge is 0.319 e. The van der Waals surface area contributed by atoms with Gasteiger partial charge in [0.1, 0.15) is 0 Å². The number of guanidine groups is 1. The number of hydrogen-bond acceptors (Lipinski definition) is 3. The Morgan fingerprint density at radius 1 is 1.26 bits per heavy atom. The van der Waals surface area contributed by atoms with Gasteiger partial charge in [-0.1, -0.05) is 19.1 Å². The van der Waals surface area contributed by atoms with Crippen LogP contribution >= 0.6 is 0 Å². The lowest BCUT2D eigenvalue weighted by Gasteiger charge is -2.24. The van der Waals surface area contributed by atoms with Crippen LogP contribution in [0.15, 0.2) is 29.3 Å². The summed E-state index contributed by atoms with van der Waals surface area (Å²) < 4.78 is 0. The summed E-state index contributed by atoms with van der Waals surface area (Å²) in [6, 6.07) is 8.34. The van der Waals surface area contributed by atoms with Gasteiger partial charge in [-0.2, -0.15) is 0 Å². The van der Waals surface area contributed by atoms with Gasteiger partial charge in [0, 0.05) is 37.9 Å². The second-order valence-electron chi connectivity index (χ2n) is 7.18. The molecule has 1 aromatic rings. The summed E-state index contributed by atoms with van der Waals surface area (Å²) in [6.45, 7) is 9.99. The lowest BCUT2D eigenvalue weighted by molar-refractivity contribution is 0.250. The van der Waals surface area contributed by atoms with Gasteiger partial charge in [0.2, 0.25) is 0 Å². The third-order valence-electron chi connectivity index (χ3n) is 4.73. The molecule has 2 rings (SSSR count). The van der Waals surface area contributed by atoms with Crippen molar-refractivity contribution in [1.82, 2.24) is 20.9 Å². The van der Waals surface area contributed by atoms with E-state index in [2.05, 4.69) is 38.1 Å². The monoisotopic (exact) mass is 374 g/mol. The Hall–Kier alpha value is -2.28. The number of likely N-dealkylation sites (N-methyl/N-ethyl adjacent to an activating group) is 1. The van der Waals surface area contributed by atoms with Crippen molar-refractivity contribution >= 4 is 17.7 Å². The summed E-state index contributed by atoms with van der Waals surface area (Å²) in [4.78, 5) is 18.6. The summed E-state index contributed by atoms with van der Waals surface area (Å²) in [5, 5.41) is 12.4. The van der Waals surface area contributed by atoms with E-state index in [1.165, 1.54) is 19.4 Å². The summed E-state index contributed by atoms with van der Waals surface area (Å²) in [5.74, 6) is 0.816. The van der Waals surface area contributed by atoms with E-state index in [1.807, 2.05) is 38.1 Å². The number of anilines is 1. The Bertz CT molecular complexity index is 613. The Labute approximate surface area is 163 Å². The molecule has 7 nitrogen and oxygen atoms in total. The van der Waals surface area contributed by atoms with Gasteiger partial charge < -0.3 is 21.3 Å². The highest BCUT2D eigenvalue weighted by atomic mass is 16.2. The highest BCUT2D eigenvalue weighted by Gasteiger charge is 2.22. The van der Waals surface area contributed by atoms with Crippen LogP contribution in [0.2, 0.25) is 0 Å². The predicted molar refractivity (Wildman–Crippen MR) is 112 cm³/mol. The average Bonchev–Trinajstić information content (AvgIpc) is 3.10. The van der Waals surface area contributed by atoms with Gasteiger partial charge >= 0.3 is 6.03 Å². The van der Waals surface area contributed by atoms with Gasteiger partial charge in [0.15, 0.2) is 5.96 Å². The molecule has 7 heteroatoms. The van der Waals surface area contributed by atoms with E-state index >= 15 is 0 Å². The number of carbonyl (C=O) groups excluding carboxylic acids is 1. The maximum atomic E-state index is 11.7. The van der Waals surface area contributed by atoms with Crippen molar-refractivity contribution in [3.05, 3.63) is 29.8 Å². The highest BCUT2D eigenvalue weighted by molar-refractivity contribution is 5.89. The fourth-order valence-electron chi connectivity index (χ4n) is 3.30. The molecular formula is C20H34N6O. The van der Waals surface area contributed by atoms with Crippen LogP contribution < -0.4 is 21.3 Å². The highest BCUT2D eigenvalue weighted by Crippen LogP contribution is 2.15. The van der Waals surface area contributed by atoms with Crippen LogP contribution in [0.3, 0.4) is 0 Å². The first-order valence-electron chi connectivity index (χ1n) is 9.86. The summed E-state index contributed by atoms with van der Waals surface area (Å²) >= 11 is 0. The van der Waals surface area contributed by atoms with E-state index in [0.717, 1.165) is 30.3 Å². The number of aliphatic imine (C=N–C) groups is 1. The topological polar surface area (TPSA) is 80.8 Å². The molecule has 1 aromatic carbocycles. The van der Waals surface area contributed by atoms with Gasteiger partial charge in [-0.3, -0.25) is 9.89 Å². The van der Waals surface area contributed by atoms with Gasteiger partial charge in [0.25, 0.3) is 0 Å². The molecule has 4 N–H and O–H groups in total. The summed E-state index contributed by atoms with van der Waals surface area (Å²) in [6.07, 6.45) is 2.53. The first kappa shape index (κ1) is 21.0. The standard InChI is InChI=1S/C20H34N6O/c1-5-26-12-6-7-18(26)14-23-19(21-4)22-13-16-8-10-17(11-9-16)25-20(27)24-15(2)3/h8-11,15,18H,5-7,12-14H2,1-4H3,(H2,21,22,23)(H2,24,25,27). The molecule has 1 aliphatic heterocycles. The minimum absolute atomic E-state index is 0.112. The molecule has 1 saturated heterocycles. The number of hydrogen-bond donors (Lipinski definition) is 4. The number of nitrogens with zero attached hydrogens (tertiary/aromatic N) is 2. The zero-order valence-electron chi connectivity index (χ0n) is 17.0. The Kier molecular flexibility index (Phi) is 8.39. The molecule has 1 atom stereocenters. The van der Waals surface area contributed by atoms with Crippen molar-refractivity contribution in [2.45, 2.75) is 52.2 Å². The quantitative estimate of drug-likeness (QED) is 0.436. The first-order chi connectivity index (χ1) is 13.0. The molecule has 0 saturated carbocycles. The minimum atomic E-state index is -0.187. The van der Waals surface area contributed by atoms with E-state index in [-0.39, 0.29) is 12.1 Å². The molecular weight excluding hydrogens is 340 g/mol. The van der Waals surface area contributed by atoms with Crippen molar-refractivity contribution in [2.24, 2.45) is 4.99 Å². The van der Waals surface area contributed by atoms with E-state index in [1.54, 1.807) is 7.05 Å². The van der Waals surface area contributed by atoms with Gasteiger partial charge in [0.05, 0.1) is 0 Å². The Balaban J connectivity index is 1.76. The number of urea groups is 1. The fourth-order valence-corrected chi connectivity index (χ4v) is 3.30. The fraction of sp³-hybridized carbons (Fsp3) is 0.600.